The van der Waals surface area contributed by atoms with Gasteiger partial charge in [-0.2, -0.15) is 0 Å². The van der Waals surface area contributed by atoms with E-state index >= 15 is 0 Å². The highest BCUT2D eigenvalue weighted by molar-refractivity contribution is 5.49. The van der Waals surface area contributed by atoms with Gasteiger partial charge in [-0.15, -0.1) is 0 Å². The van der Waals surface area contributed by atoms with Crippen molar-refractivity contribution >= 4 is 5.69 Å². The fourth-order valence-corrected chi connectivity index (χ4v) is 2.80. The van der Waals surface area contributed by atoms with Crippen LogP contribution in [0.5, 0.6) is 0 Å². The van der Waals surface area contributed by atoms with Gasteiger partial charge in [0.1, 0.15) is 0 Å². The van der Waals surface area contributed by atoms with Gasteiger partial charge in [-0.1, -0.05) is 32.9 Å². The molecule has 1 N–H and O–H groups in total. The van der Waals surface area contributed by atoms with Gasteiger partial charge in [0.15, 0.2) is 0 Å². The molecule has 0 bridgehead atoms. The Bertz CT molecular complexity index is 402. The van der Waals surface area contributed by atoms with E-state index in [1.54, 1.807) is 0 Å². The van der Waals surface area contributed by atoms with E-state index < -0.39 is 0 Å². The van der Waals surface area contributed by atoms with E-state index in [4.69, 9.17) is 0 Å². The average Bonchev–Trinajstić information content (AvgIpc) is 2.49. The standard InChI is InChI=1S/C17H28N2/c1-13-10-11-19(12-14(2)18-13)16-8-6-15(7-9-16)17(3,4)5/h6-9,13-14,18H,10-12H2,1-5H3. The summed E-state index contributed by atoms with van der Waals surface area (Å²) in [6.07, 6.45) is 1.21. The van der Waals surface area contributed by atoms with Crippen LogP contribution in [0.2, 0.25) is 0 Å². The van der Waals surface area contributed by atoms with Crippen molar-refractivity contribution in [2.24, 2.45) is 0 Å². The molecule has 1 fully saturated rings. The van der Waals surface area contributed by atoms with Crippen molar-refractivity contribution < 1.29 is 0 Å². The number of benzene rings is 1. The predicted molar refractivity (Wildman–Crippen MR) is 84.0 cm³/mol. The van der Waals surface area contributed by atoms with Crippen molar-refractivity contribution in [2.45, 2.75) is 58.5 Å². The predicted octanol–water partition coefficient (Wildman–Crippen LogP) is 3.56. The van der Waals surface area contributed by atoms with E-state index in [-0.39, 0.29) is 5.41 Å². The molecule has 0 saturated carbocycles. The molecule has 2 unspecified atom stereocenters. The molecule has 1 aliphatic heterocycles. The zero-order valence-electron chi connectivity index (χ0n) is 13.0. The monoisotopic (exact) mass is 260 g/mol. The van der Waals surface area contributed by atoms with Crippen molar-refractivity contribution in [3.05, 3.63) is 29.8 Å². The Morgan fingerprint density at radius 3 is 2.26 bits per heavy atom. The first-order chi connectivity index (χ1) is 8.86. The Kier molecular flexibility index (Phi) is 4.19. The number of rotatable bonds is 1. The SMILES string of the molecule is CC1CCN(c2ccc(C(C)(C)C)cc2)CC(C)N1. The number of nitrogens with zero attached hydrogens (tertiary/aromatic N) is 1. The second kappa shape index (κ2) is 5.54. The first-order valence-corrected chi connectivity index (χ1v) is 7.48. The fourth-order valence-electron chi connectivity index (χ4n) is 2.80. The van der Waals surface area contributed by atoms with Crippen LogP contribution in [0.4, 0.5) is 5.69 Å². The molecule has 2 heteroatoms. The van der Waals surface area contributed by atoms with Crippen LogP contribution in [0.1, 0.15) is 46.6 Å². The third kappa shape index (κ3) is 3.73. The molecular formula is C17H28N2. The van der Waals surface area contributed by atoms with E-state index in [2.05, 4.69) is 69.1 Å². The summed E-state index contributed by atoms with van der Waals surface area (Å²) in [4.78, 5) is 2.51. The lowest BCUT2D eigenvalue weighted by atomic mass is 9.87. The zero-order valence-corrected chi connectivity index (χ0v) is 13.0. The maximum absolute atomic E-state index is 3.64. The maximum atomic E-state index is 3.64. The summed E-state index contributed by atoms with van der Waals surface area (Å²) in [5.41, 5.74) is 3.00. The van der Waals surface area contributed by atoms with Crippen LogP contribution in [0.25, 0.3) is 0 Å². The van der Waals surface area contributed by atoms with Gasteiger partial charge in [-0.05, 0) is 43.4 Å². The van der Waals surface area contributed by atoms with Crippen LogP contribution in [-0.4, -0.2) is 25.2 Å². The van der Waals surface area contributed by atoms with Crippen LogP contribution in [0.15, 0.2) is 24.3 Å². The molecule has 1 heterocycles. The Hall–Kier alpha value is -1.02. The summed E-state index contributed by atoms with van der Waals surface area (Å²) in [5.74, 6) is 0. The minimum Gasteiger partial charge on any atom is -0.370 e. The first-order valence-electron chi connectivity index (χ1n) is 7.48. The average molecular weight is 260 g/mol. The highest BCUT2D eigenvalue weighted by atomic mass is 15.2. The molecule has 1 aromatic rings. The lowest BCUT2D eigenvalue weighted by molar-refractivity contribution is 0.492. The number of nitrogens with one attached hydrogen (secondary N) is 1. The van der Waals surface area contributed by atoms with E-state index in [0.29, 0.717) is 12.1 Å². The summed E-state index contributed by atoms with van der Waals surface area (Å²) in [7, 11) is 0. The summed E-state index contributed by atoms with van der Waals surface area (Å²) < 4.78 is 0. The Morgan fingerprint density at radius 2 is 1.68 bits per heavy atom. The fraction of sp³-hybridized carbons (Fsp3) is 0.647. The van der Waals surface area contributed by atoms with Crippen LogP contribution in [0.3, 0.4) is 0 Å². The summed E-state index contributed by atoms with van der Waals surface area (Å²) >= 11 is 0. The van der Waals surface area contributed by atoms with Gasteiger partial charge in [-0.3, -0.25) is 0 Å². The normalized spacial score (nSPS) is 25.2. The molecular weight excluding hydrogens is 232 g/mol. The number of hydrogen-bond donors (Lipinski definition) is 1. The molecule has 0 amide bonds. The smallest absolute Gasteiger partial charge is 0.0366 e. The molecule has 1 aromatic carbocycles. The molecule has 0 radical (unpaired) electrons. The van der Waals surface area contributed by atoms with Gasteiger partial charge in [0, 0.05) is 30.9 Å². The van der Waals surface area contributed by atoms with Gasteiger partial charge in [0.05, 0.1) is 0 Å². The van der Waals surface area contributed by atoms with Crippen LogP contribution in [0, 0.1) is 0 Å². The third-order valence-corrected chi connectivity index (χ3v) is 3.99. The van der Waals surface area contributed by atoms with Gasteiger partial charge in [-0.25, -0.2) is 0 Å². The van der Waals surface area contributed by atoms with E-state index in [1.165, 1.54) is 17.7 Å². The van der Waals surface area contributed by atoms with E-state index in [1.807, 2.05) is 0 Å². The van der Waals surface area contributed by atoms with Crippen molar-refractivity contribution in [3.63, 3.8) is 0 Å². The minimum absolute atomic E-state index is 0.237. The van der Waals surface area contributed by atoms with E-state index in [9.17, 15) is 0 Å². The molecule has 19 heavy (non-hydrogen) atoms. The van der Waals surface area contributed by atoms with Crippen LogP contribution >= 0.6 is 0 Å². The Balaban J connectivity index is 2.13. The molecule has 0 aliphatic carbocycles. The highest BCUT2D eigenvalue weighted by Gasteiger charge is 2.19. The largest absolute Gasteiger partial charge is 0.370 e. The molecule has 106 valence electrons. The van der Waals surface area contributed by atoms with Gasteiger partial charge >= 0.3 is 0 Å². The van der Waals surface area contributed by atoms with Crippen molar-refractivity contribution in [1.29, 1.82) is 0 Å². The molecule has 1 saturated heterocycles. The molecule has 0 aromatic heterocycles. The van der Waals surface area contributed by atoms with Gasteiger partial charge < -0.3 is 10.2 Å². The van der Waals surface area contributed by atoms with Gasteiger partial charge in [0.2, 0.25) is 0 Å². The van der Waals surface area contributed by atoms with Crippen LogP contribution < -0.4 is 10.2 Å². The third-order valence-electron chi connectivity index (χ3n) is 3.99. The topological polar surface area (TPSA) is 15.3 Å². The second-order valence-corrected chi connectivity index (χ2v) is 7.00. The summed E-state index contributed by atoms with van der Waals surface area (Å²) in [6, 6.07) is 10.3. The number of anilines is 1. The van der Waals surface area contributed by atoms with Crippen LogP contribution in [-0.2, 0) is 5.41 Å². The Labute approximate surface area is 118 Å². The van der Waals surface area contributed by atoms with Crippen molar-refractivity contribution in [1.82, 2.24) is 5.32 Å². The lowest BCUT2D eigenvalue weighted by Crippen LogP contribution is -2.37. The second-order valence-electron chi connectivity index (χ2n) is 7.00. The molecule has 1 aliphatic rings. The molecule has 2 nitrogen and oxygen atoms in total. The van der Waals surface area contributed by atoms with Crippen molar-refractivity contribution in [2.75, 3.05) is 18.0 Å². The van der Waals surface area contributed by atoms with Crippen molar-refractivity contribution in [3.8, 4) is 0 Å². The summed E-state index contributed by atoms with van der Waals surface area (Å²) in [5, 5.41) is 3.64. The first kappa shape index (κ1) is 14.4. The van der Waals surface area contributed by atoms with E-state index in [0.717, 1.165) is 13.1 Å². The molecule has 2 atom stereocenters. The molecule has 0 spiro atoms. The quantitative estimate of drug-likeness (QED) is 0.830. The highest BCUT2D eigenvalue weighted by Crippen LogP contribution is 2.25. The van der Waals surface area contributed by atoms with Gasteiger partial charge in [0.25, 0.3) is 0 Å². The number of hydrogen-bond acceptors (Lipinski definition) is 2. The molecule has 2 rings (SSSR count). The summed E-state index contributed by atoms with van der Waals surface area (Å²) in [6.45, 7) is 13.6. The minimum atomic E-state index is 0.237. The lowest BCUT2D eigenvalue weighted by Gasteiger charge is -2.26. The zero-order chi connectivity index (χ0) is 14.0. The maximum Gasteiger partial charge on any atom is 0.0366 e. The Morgan fingerprint density at radius 1 is 1.05 bits per heavy atom.